The fourth-order valence-corrected chi connectivity index (χ4v) is 10.2. The van der Waals surface area contributed by atoms with Crippen LogP contribution in [0.2, 0.25) is 5.02 Å². The monoisotopic (exact) mass is 619 g/mol. The number of aliphatic hydroxyl groups is 1. The predicted molar refractivity (Wildman–Crippen MR) is 156 cm³/mol. The number of hydrogen-bond donors (Lipinski definition) is 1. The molecule has 6 rings (SSSR count). The Kier molecular flexibility index (Phi) is 7.41. The van der Waals surface area contributed by atoms with Crippen LogP contribution in [0.3, 0.4) is 0 Å². The zero-order chi connectivity index (χ0) is 30.2. The van der Waals surface area contributed by atoms with Crippen LogP contribution in [0.15, 0.2) is 47.8 Å². The van der Waals surface area contributed by atoms with E-state index in [1.165, 1.54) is 12.2 Å². The molecule has 0 radical (unpaired) electrons. The molecule has 1 aromatic rings. The van der Waals surface area contributed by atoms with Crippen molar-refractivity contribution in [3.05, 3.63) is 58.4 Å². The molecule has 8 atom stereocenters. The Morgan fingerprint density at radius 3 is 2.62 bits per heavy atom. The SMILES string of the molecule is CCC(=O)CSC(=O)[C@@]12ON(Cc3ccc(Cl)cc3)C[C@@H]1C[C@H]1[C@@H]3CC(F)=C4CC(=O)C=C[C@]4(C)[C@@]3(F)[C@@H](O)C[C@@]12C. The predicted octanol–water partition coefficient (Wildman–Crippen LogP) is 5.96. The third-order valence-corrected chi connectivity index (χ3v) is 12.3. The molecule has 1 N–H and O–H groups in total. The Balaban J connectivity index is 1.40. The number of halogens is 3. The summed E-state index contributed by atoms with van der Waals surface area (Å²) in [5, 5.41) is 13.8. The van der Waals surface area contributed by atoms with Gasteiger partial charge in [-0.25, -0.2) is 8.78 Å². The second-order valence-corrected chi connectivity index (χ2v) is 14.4. The molecule has 0 aromatic heterocycles. The van der Waals surface area contributed by atoms with Gasteiger partial charge in [0.1, 0.15) is 11.6 Å². The van der Waals surface area contributed by atoms with Gasteiger partial charge in [0.25, 0.3) is 0 Å². The number of carbonyl (C=O) groups excluding carboxylic acids is 3. The van der Waals surface area contributed by atoms with Crippen molar-refractivity contribution in [3.8, 4) is 0 Å². The molecular weight excluding hydrogens is 584 g/mol. The Bertz CT molecular complexity index is 1400. The number of hydrogen-bond acceptors (Lipinski definition) is 7. The van der Waals surface area contributed by atoms with E-state index in [-0.39, 0.29) is 53.2 Å². The number of ketones is 2. The maximum absolute atomic E-state index is 17.6. The second kappa shape index (κ2) is 10.3. The van der Waals surface area contributed by atoms with Crippen LogP contribution < -0.4 is 0 Å². The molecule has 1 saturated heterocycles. The van der Waals surface area contributed by atoms with Gasteiger partial charge in [-0.1, -0.05) is 55.4 Å². The highest BCUT2D eigenvalue weighted by Gasteiger charge is 2.79. The van der Waals surface area contributed by atoms with Gasteiger partial charge in [-0.15, -0.1) is 0 Å². The molecule has 226 valence electrons. The normalized spacial score (nSPS) is 40.9. The molecule has 0 unspecified atom stereocenters. The third-order valence-electron chi connectivity index (χ3n) is 11.0. The van der Waals surface area contributed by atoms with Crippen molar-refractivity contribution in [2.24, 2.45) is 28.6 Å². The molecule has 1 aliphatic heterocycles. The standard InChI is InChI=1S/C32H36ClF2NO5S/c1-4-21(37)17-42-28(40)32-19(16-36(41-32)15-18-5-7-20(33)8-6-18)11-23-24-13-26(34)25-12-22(38)9-10-29(25,2)31(24,35)27(39)14-30(23,32)3/h5-10,19,23-24,27,39H,4,11-17H2,1-3H3/t19-,23-,24-,27-,29-,30-,31-,32-/m0/s1. The summed E-state index contributed by atoms with van der Waals surface area (Å²) >= 11 is 6.98. The maximum Gasteiger partial charge on any atom is 0.224 e. The summed E-state index contributed by atoms with van der Waals surface area (Å²) in [7, 11) is 0. The van der Waals surface area contributed by atoms with Crippen LogP contribution in [0.25, 0.3) is 0 Å². The molecular formula is C32H36ClF2NO5S. The van der Waals surface area contributed by atoms with E-state index < -0.39 is 45.9 Å². The summed E-state index contributed by atoms with van der Waals surface area (Å²) in [6, 6.07) is 7.33. The van der Waals surface area contributed by atoms with E-state index in [1.807, 2.05) is 19.1 Å². The summed E-state index contributed by atoms with van der Waals surface area (Å²) in [5.41, 5.74) is -5.12. The lowest BCUT2D eigenvalue weighted by molar-refractivity contribution is -0.263. The second-order valence-electron chi connectivity index (χ2n) is 13.1. The first-order valence-corrected chi connectivity index (χ1v) is 16.0. The van der Waals surface area contributed by atoms with Gasteiger partial charge in [0.05, 0.1) is 11.9 Å². The van der Waals surface area contributed by atoms with E-state index in [2.05, 4.69) is 0 Å². The van der Waals surface area contributed by atoms with Crippen molar-refractivity contribution < 1.29 is 33.1 Å². The summed E-state index contributed by atoms with van der Waals surface area (Å²) in [4.78, 5) is 45.3. The van der Waals surface area contributed by atoms with Gasteiger partial charge in [0.15, 0.2) is 17.1 Å². The van der Waals surface area contributed by atoms with Crippen LogP contribution >= 0.6 is 23.4 Å². The minimum atomic E-state index is -2.23. The highest BCUT2D eigenvalue weighted by atomic mass is 35.5. The number of allylic oxidation sites excluding steroid dienone is 4. The number of thioether (sulfide) groups is 1. The van der Waals surface area contributed by atoms with Crippen LogP contribution in [0, 0.1) is 28.6 Å². The molecule has 3 fully saturated rings. The van der Waals surface area contributed by atoms with Crippen LogP contribution in [0.5, 0.6) is 0 Å². The summed E-state index contributed by atoms with van der Waals surface area (Å²) in [6.07, 6.45) is 1.38. The number of rotatable bonds is 6. The Morgan fingerprint density at radius 1 is 1.21 bits per heavy atom. The Labute approximate surface area is 253 Å². The van der Waals surface area contributed by atoms with Gasteiger partial charge >= 0.3 is 0 Å². The highest BCUT2D eigenvalue weighted by molar-refractivity contribution is 8.14. The van der Waals surface area contributed by atoms with Crippen molar-refractivity contribution >= 4 is 40.0 Å². The van der Waals surface area contributed by atoms with Gasteiger partial charge in [-0.3, -0.25) is 19.2 Å². The van der Waals surface area contributed by atoms with E-state index in [1.54, 1.807) is 31.0 Å². The first-order valence-electron chi connectivity index (χ1n) is 14.6. The van der Waals surface area contributed by atoms with E-state index in [0.717, 1.165) is 17.3 Å². The topological polar surface area (TPSA) is 83.9 Å². The number of aliphatic hydroxyl groups excluding tert-OH is 1. The zero-order valence-corrected chi connectivity index (χ0v) is 25.6. The van der Waals surface area contributed by atoms with E-state index >= 15 is 8.78 Å². The largest absolute Gasteiger partial charge is 0.390 e. The Hall–Kier alpha value is -1.91. The minimum absolute atomic E-state index is 0.00173. The molecule has 10 heteroatoms. The number of nitrogens with zero attached hydrogens (tertiary/aromatic N) is 1. The van der Waals surface area contributed by atoms with Crippen LogP contribution in [-0.4, -0.2) is 56.5 Å². The molecule has 4 aliphatic carbocycles. The van der Waals surface area contributed by atoms with E-state index in [0.29, 0.717) is 31.0 Å². The van der Waals surface area contributed by atoms with Gasteiger partial charge in [-0.05, 0) is 55.0 Å². The summed E-state index contributed by atoms with van der Waals surface area (Å²) < 4.78 is 33.4. The molecule has 0 bridgehead atoms. The number of fused-ring (bicyclic) bond motifs is 7. The molecule has 1 aromatic carbocycles. The van der Waals surface area contributed by atoms with Gasteiger partial charge in [0, 0.05) is 60.0 Å². The fraction of sp³-hybridized carbons (Fsp3) is 0.594. The summed E-state index contributed by atoms with van der Waals surface area (Å²) in [6.45, 7) is 5.97. The first-order chi connectivity index (χ1) is 19.8. The number of carbonyl (C=O) groups is 3. The van der Waals surface area contributed by atoms with Crippen molar-refractivity contribution in [2.45, 2.75) is 76.8 Å². The van der Waals surface area contributed by atoms with Crippen molar-refractivity contribution in [1.82, 2.24) is 5.06 Å². The number of benzene rings is 1. The van der Waals surface area contributed by atoms with Crippen LogP contribution in [0.4, 0.5) is 8.78 Å². The van der Waals surface area contributed by atoms with Crippen molar-refractivity contribution in [1.29, 1.82) is 0 Å². The molecule has 2 saturated carbocycles. The molecule has 0 amide bonds. The zero-order valence-electron chi connectivity index (χ0n) is 24.0. The molecule has 5 aliphatic rings. The van der Waals surface area contributed by atoms with Gasteiger partial charge < -0.3 is 5.11 Å². The third kappa shape index (κ3) is 4.10. The average molecular weight is 620 g/mol. The van der Waals surface area contributed by atoms with Gasteiger partial charge in [-0.2, -0.15) is 5.06 Å². The lowest BCUT2D eigenvalue weighted by Gasteiger charge is -2.62. The van der Waals surface area contributed by atoms with Crippen LogP contribution in [0.1, 0.15) is 58.4 Å². The van der Waals surface area contributed by atoms with Crippen LogP contribution in [-0.2, 0) is 25.8 Å². The first kappa shape index (κ1) is 30.1. The molecule has 42 heavy (non-hydrogen) atoms. The fourth-order valence-electron chi connectivity index (χ4n) is 8.88. The number of Topliss-reactive ketones (excluding diaryl/α,β-unsaturated/α-hetero) is 1. The quantitative estimate of drug-likeness (QED) is 0.421. The average Bonchev–Trinajstić information content (AvgIpc) is 3.43. The lowest BCUT2D eigenvalue weighted by atomic mass is 9.45. The minimum Gasteiger partial charge on any atom is -0.390 e. The smallest absolute Gasteiger partial charge is 0.224 e. The number of hydroxylamine groups is 2. The van der Waals surface area contributed by atoms with Crippen molar-refractivity contribution in [2.75, 3.05) is 12.3 Å². The Morgan fingerprint density at radius 2 is 1.93 bits per heavy atom. The summed E-state index contributed by atoms with van der Waals surface area (Å²) in [5.74, 6) is -2.61. The van der Waals surface area contributed by atoms with Gasteiger partial charge in [0.2, 0.25) is 5.12 Å². The highest BCUT2D eigenvalue weighted by Crippen LogP contribution is 2.73. The molecule has 6 nitrogen and oxygen atoms in total. The van der Waals surface area contributed by atoms with E-state index in [9.17, 15) is 19.5 Å². The maximum atomic E-state index is 17.6. The van der Waals surface area contributed by atoms with Crippen molar-refractivity contribution in [3.63, 3.8) is 0 Å². The lowest BCUT2D eigenvalue weighted by Crippen LogP contribution is -2.69. The van der Waals surface area contributed by atoms with E-state index in [4.69, 9.17) is 16.4 Å². The molecule has 1 heterocycles. The number of alkyl halides is 1. The molecule has 0 spiro atoms.